The smallest absolute Gasteiger partial charge is 0.303 e. The van der Waals surface area contributed by atoms with Crippen LogP contribution in [0, 0.1) is 5.82 Å². The second-order valence-electron chi connectivity index (χ2n) is 8.14. The second-order valence-corrected chi connectivity index (χ2v) is 10.2. The summed E-state index contributed by atoms with van der Waals surface area (Å²) in [5, 5.41) is 2.95. The van der Waals surface area contributed by atoms with E-state index in [1.165, 1.54) is 32.3 Å². The number of para-hydroxylation sites is 1. The largest absolute Gasteiger partial charge is 0.494 e. The van der Waals surface area contributed by atoms with Crippen molar-refractivity contribution in [2.75, 3.05) is 25.0 Å². The van der Waals surface area contributed by atoms with Crippen LogP contribution in [0.4, 0.5) is 10.1 Å². The van der Waals surface area contributed by atoms with E-state index in [1.54, 1.807) is 30.3 Å². The number of hydrogen-bond donors (Lipinski definition) is 1. The molecule has 0 fully saturated rings. The summed E-state index contributed by atoms with van der Waals surface area (Å²) in [5.74, 6) is -0.131. The van der Waals surface area contributed by atoms with Crippen molar-refractivity contribution in [1.29, 1.82) is 0 Å². The van der Waals surface area contributed by atoms with Gasteiger partial charge in [-0.25, -0.2) is 4.39 Å². The highest BCUT2D eigenvalue weighted by Gasteiger charge is 2.27. The molecule has 3 aromatic carbocycles. The Morgan fingerprint density at radius 3 is 2.20 bits per heavy atom. The zero-order chi connectivity index (χ0) is 25.6. The van der Waals surface area contributed by atoms with Crippen LogP contribution in [0.15, 0.2) is 72.8 Å². The van der Waals surface area contributed by atoms with Crippen molar-refractivity contribution in [3.8, 4) is 5.75 Å². The molecule has 35 heavy (non-hydrogen) atoms. The van der Waals surface area contributed by atoms with Gasteiger partial charge in [0, 0.05) is 19.7 Å². The number of nitrogens with zero attached hydrogens (tertiary/aromatic N) is 2. The Hall–Kier alpha value is -3.43. The zero-order valence-electron chi connectivity index (χ0n) is 20.2. The minimum atomic E-state index is -3.95. The van der Waals surface area contributed by atoms with E-state index in [9.17, 15) is 17.6 Å². The van der Waals surface area contributed by atoms with E-state index >= 15 is 0 Å². The van der Waals surface area contributed by atoms with Crippen molar-refractivity contribution in [1.82, 2.24) is 9.62 Å². The van der Waals surface area contributed by atoms with Gasteiger partial charge in [-0.05, 0) is 61.4 Å². The molecule has 1 atom stereocenters. The molecule has 0 aliphatic carbocycles. The third-order valence-corrected chi connectivity index (χ3v) is 7.25. The quantitative estimate of drug-likeness (QED) is 0.445. The molecule has 0 bridgehead atoms. The maximum Gasteiger partial charge on any atom is 0.303 e. The summed E-state index contributed by atoms with van der Waals surface area (Å²) >= 11 is 0. The lowest BCUT2D eigenvalue weighted by Gasteiger charge is -2.27. The fourth-order valence-corrected chi connectivity index (χ4v) is 4.56. The van der Waals surface area contributed by atoms with E-state index in [0.717, 1.165) is 19.9 Å². The molecule has 1 amide bonds. The SMILES string of the molecule is CCOc1ccc([C@@H](C)NC(=O)c2ccc(CN(c3ccccc3F)S(=O)(=O)N(C)C)cc2)cc1. The molecule has 3 aromatic rings. The monoisotopic (exact) mass is 499 g/mol. The fourth-order valence-electron chi connectivity index (χ4n) is 3.45. The van der Waals surface area contributed by atoms with Gasteiger partial charge in [0.15, 0.2) is 0 Å². The lowest BCUT2D eigenvalue weighted by atomic mass is 10.1. The molecule has 1 N–H and O–H groups in total. The Kier molecular flexibility index (Phi) is 8.48. The van der Waals surface area contributed by atoms with Crippen molar-refractivity contribution in [2.24, 2.45) is 0 Å². The number of halogens is 1. The number of hydrogen-bond acceptors (Lipinski definition) is 4. The number of carbonyl (C=O) groups excluding carboxylic acids is 1. The summed E-state index contributed by atoms with van der Waals surface area (Å²) < 4.78 is 47.7. The number of nitrogens with one attached hydrogen (secondary N) is 1. The first-order chi connectivity index (χ1) is 16.6. The highest BCUT2D eigenvalue weighted by atomic mass is 32.2. The third-order valence-electron chi connectivity index (χ3n) is 5.44. The maximum atomic E-state index is 14.4. The molecule has 0 saturated carbocycles. The molecule has 7 nitrogen and oxygen atoms in total. The minimum absolute atomic E-state index is 0.0489. The average molecular weight is 500 g/mol. The molecule has 0 heterocycles. The van der Waals surface area contributed by atoms with Crippen molar-refractivity contribution in [3.05, 3.63) is 95.3 Å². The van der Waals surface area contributed by atoms with Gasteiger partial charge in [0.1, 0.15) is 11.6 Å². The lowest BCUT2D eigenvalue weighted by Crippen LogP contribution is -2.40. The first-order valence-electron chi connectivity index (χ1n) is 11.2. The van der Waals surface area contributed by atoms with E-state index in [1.807, 2.05) is 38.1 Å². The van der Waals surface area contributed by atoms with Gasteiger partial charge < -0.3 is 10.1 Å². The molecular weight excluding hydrogens is 469 g/mol. The van der Waals surface area contributed by atoms with Crippen molar-refractivity contribution in [2.45, 2.75) is 26.4 Å². The van der Waals surface area contributed by atoms with Gasteiger partial charge in [0.05, 0.1) is 24.9 Å². The molecule has 3 rings (SSSR count). The first-order valence-corrected chi connectivity index (χ1v) is 12.6. The summed E-state index contributed by atoms with van der Waals surface area (Å²) in [6, 6.07) is 19.6. The number of ether oxygens (including phenoxy) is 1. The summed E-state index contributed by atoms with van der Waals surface area (Å²) in [6.07, 6.45) is 0. The van der Waals surface area contributed by atoms with Gasteiger partial charge in [-0.2, -0.15) is 12.7 Å². The summed E-state index contributed by atoms with van der Waals surface area (Å²) in [5.41, 5.74) is 1.93. The van der Waals surface area contributed by atoms with Crippen LogP contribution in [0.5, 0.6) is 5.75 Å². The van der Waals surface area contributed by atoms with Crippen LogP contribution in [0.2, 0.25) is 0 Å². The Balaban J connectivity index is 1.74. The molecule has 0 unspecified atom stereocenters. The van der Waals surface area contributed by atoms with Crippen LogP contribution in [0.25, 0.3) is 0 Å². The molecule has 0 spiro atoms. The highest BCUT2D eigenvalue weighted by Crippen LogP contribution is 2.25. The van der Waals surface area contributed by atoms with Gasteiger partial charge in [-0.1, -0.05) is 36.4 Å². The standard InChI is InChI=1S/C26H30FN3O4S/c1-5-34-23-16-14-21(15-17-23)19(2)28-26(31)22-12-10-20(11-13-22)18-30(35(32,33)29(3)4)25-9-7-6-8-24(25)27/h6-17,19H,5,18H2,1-4H3,(H,28,31)/t19-/m1/s1. The predicted molar refractivity (Wildman–Crippen MR) is 135 cm³/mol. The maximum absolute atomic E-state index is 14.4. The number of carbonyl (C=O) groups is 1. The average Bonchev–Trinajstić information content (AvgIpc) is 2.84. The number of rotatable bonds is 10. The number of benzene rings is 3. The zero-order valence-corrected chi connectivity index (χ0v) is 21.0. The van der Waals surface area contributed by atoms with Crippen LogP contribution in [0.3, 0.4) is 0 Å². The Bertz CT molecular complexity index is 1250. The molecule has 0 aliphatic heterocycles. The third kappa shape index (κ3) is 6.37. The Morgan fingerprint density at radius 1 is 1.00 bits per heavy atom. The molecule has 0 radical (unpaired) electrons. The van der Waals surface area contributed by atoms with Crippen molar-refractivity contribution < 1.29 is 22.3 Å². The molecule has 0 saturated heterocycles. The predicted octanol–water partition coefficient (Wildman–Crippen LogP) is 4.53. The highest BCUT2D eigenvalue weighted by molar-refractivity contribution is 7.90. The number of amides is 1. The van der Waals surface area contributed by atoms with E-state index in [-0.39, 0.29) is 24.2 Å². The summed E-state index contributed by atoms with van der Waals surface area (Å²) in [4.78, 5) is 12.7. The van der Waals surface area contributed by atoms with E-state index < -0.39 is 16.0 Å². The van der Waals surface area contributed by atoms with Crippen molar-refractivity contribution >= 4 is 21.8 Å². The van der Waals surface area contributed by atoms with Crippen LogP contribution in [0.1, 0.15) is 41.4 Å². The topological polar surface area (TPSA) is 79.0 Å². The summed E-state index contributed by atoms with van der Waals surface area (Å²) in [6.45, 7) is 4.30. The van der Waals surface area contributed by atoms with Crippen LogP contribution in [-0.4, -0.2) is 39.3 Å². The Labute approximate surface area is 206 Å². The van der Waals surface area contributed by atoms with E-state index in [2.05, 4.69) is 5.32 Å². The van der Waals surface area contributed by atoms with Crippen LogP contribution < -0.4 is 14.4 Å². The molecule has 186 valence electrons. The summed E-state index contributed by atoms with van der Waals surface area (Å²) in [7, 11) is -1.17. The molecule has 9 heteroatoms. The first kappa shape index (κ1) is 26.2. The van der Waals surface area contributed by atoms with E-state index in [0.29, 0.717) is 17.7 Å². The van der Waals surface area contributed by atoms with Crippen LogP contribution in [-0.2, 0) is 16.8 Å². The lowest BCUT2D eigenvalue weighted by molar-refractivity contribution is 0.0940. The van der Waals surface area contributed by atoms with Crippen molar-refractivity contribution in [3.63, 3.8) is 0 Å². The van der Waals surface area contributed by atoms with Gasteiger partial charge in [0.25, 0.3) is 5.91 Å². The Morgan fingerprint density at radius 2 is 1.63 bits per heavy atom. The van der Waals surface area contributed by atoms with Gasteiger partial charge >= 0.3 is 10.2 Å². The molecule has 0 aromatic heterocycles. The molecule has 0 aliphatic rings. The molecular formula is C26H30FN3O4S. The van der Waals surface area contributed by atoms with E-state index in [4.69, 9.17) is 4.74 Å². The van der Waals surface area contributed by atoms with Crippen LogP contribution >= 0.6 is 0 Å². The fraction of sp³-hybridized carbons (Fsp3) is 0.269. The van der Waals surface area contributed by atoms with Gasteiger partial charge in [0.2, 0.25) is 0 Å². The minimum Gasteiger partial charge on any atom is -0.494 e. The van der Waals surface area contributed by atoms with Gasteiger partial charge in [-0.3, -0.25) is 9.10 Å². The normalized spacial score (nSPS) is 12.3. The number of anilines is 1. The van der Waals surface area contributed by atoms with Gasteiger partial charge in [-0.15, -0.1) is 0 Å². The second kappa shape index (κ2) is 11.3.